The van der Waals surface area contributed by atoms with Crippen LogP contribution >= 0.6 is 0 Å². The van der Waals surface area contributed by atoms with Crippen molar-refractivity contribution in [1.29, 1.82) is 0 Å². The van der Waals surface area contributed by atoms with Gasteiger partial charge in [0.25, 0.3) is 6.54 Å². The van der Waals surface area contributed by atoms with Crippen LogP contribution in [0.1, 0.15) is 27.2 Å². The fourth-order valence-corrected chi connectivity index (χ4v) is 2.42. The van der Waals surface area contributed by atoms with Crippen molar-refractivity contribution >= 4 is 16.8 Å². The maximum absolute atomic E-state index is 12.8. The first-order valence-electron chi connectivity index (χ1n) is 6.80. The standard InChI is InChI=1S/C17H13NO4/c1-11-6-8-12(9-7-11)17(19)16-13-4-2-3-5-14(13)22-15(16)10-18(20)21/h2-9H,10H2,1H3. The van der Waals surface area contributed by atoms with E-state index in [-0.39, 0.29) is 17.1 Å². The van der Waals surface area contributed by atoms with Gasteiger partial charge < -0.3 is 4.42 Å². The quantitative estimate of drug-likeness (QED) is 0.417. The Morgan fingerprint density at radius 2 is 1.82 bits per heavy atom. The third-order valence-electron chi connectivity index (χ3n) is 3.48. The Kier molecular flexibility index (Phi) is 3.47. The molecule has 0 saturated carbocycles. The lowest BCUT2D eigenvalue weighted by molar-refractivity contribution is -0.499. The van der Waals surface area contributed by atoms with Gasteiger partial charge in [-0.05, 0) is 13.0 Å². The van der Waals surface area contributed by atoms with E-state index < -0.39 is 11.5 Å². The van der Waals surface area contributed by atoms with E-state index in [2.05, 4.69) is 0 Å². The number of benzene rings is 2. The van der Waals surface area contributed by atoms with E-state index in [0.717, 1.165) is 5.56 Å². The molecule has 3 aromatic rings. The summed E-state index contributed by atoms with van der Waals surface area (Å²) in [5, 5.41) is 11.4. The summed E-state index contributed by atoms with van der Waals surface area (Å²) in [6.07, 6.45) is 0. The van der Waals surface area contributed by atoms with Crippen LogP contribution < -0.4 is 0 Å². The SMILES string of the molecule is Cc1ccc(C(=O)c2c(C[N+](=O)[O-])oc3ccccc23)cc1. The van der Waals surface area contributed by atoms with E-state index in [1.165, 1.54) is 0 Å². The molecule has 0 aliphatic rings. The molecule has 5 nitrogen and oxygen atoms in total. The van der Waals surface area contributed by atoms with Crippen LogP contribution in [0.4, 0.5) is 0 Å². The topological polar surface area (TPSA) is 73.3 Å². The zero-order valence-electron chi connectivity index (χ0n) is 11.9. The second-order valence-electron chi connectivity index (χ2n) is 5.08. The van der Waals surface area contributed by atoms with Crippen LogP contribution in [0.15, 0.2) is 52.9 Å². The van der Waals surface area contributed by atoms with Gasteiger partial charge in [0.05, 0.1) is 5.56 Å². The van der Waals surface area contributed by atoms with Gasteiger partial charge in [-0.15, -0.1) is 0 Å². The minimum absolute atomic E-state index is 0.0942. The average Bonchev–Trinajstić information content (AvgIpc) is 2.84. The number of nitro groups is 1. The van der Waals surface area contributed by atoms with E-state index in [4.69, 9.17) is 4.42 Å². The van der Waals surface area contributed by atoms with Crippen molar-refractivity contribution in [1.82, 2.24) is 0 Å². The van der Waals surface area contributed by atoms with Crippen molar-refractivity contribution in [3.63, 3.8) is 0 Å². The molecule has 110 valence electrons. The minimum Gasteiger partial charge on any atom is -0.453 e. The van der Waals surface area contributed by atoms with Gasteiger partial charge in [-0.25, -0.2) is 0 Å². The van der Waals surface area contributed by atoms with Gasteiger partial charge in [-0.1, -0.05) is 48.0 Å². The van der Waals surface area contributed by atoms with Crippen LogP contribution in [0.3, 0.4) is 0 Å². The molecule has 0 radical (unpaired) electrons. The molecule has 0 aliphatic carbocycles. The van der Waals surface area contributed by atoms with E-state index in [1.807, 2.05) is 19.1 Å². The number of carbonyl (C=O) groups is 1. The van der Waals surface area contributed by atoms with Crippen molar-refractivity contribution in [3.05, 3.63) is 81.1 Å². The third kappa shape index (κ3) is 2.48. The first-order valence-corrected chi connectivity index (χ1v) is 6.80. The Labute approximate surface area is 126 Å². The number of hydrogen-bond donors (Lipinski definition) is 0. The van der Waals surface area contributed by atoms with Crippen LogP contribution in [-0.2, 0) is 6.54 Å². The van der Waals surface area contributed by atoms with E-state index in [1.54, 1.807) is 36.4 Å². The van der Waals surface area contributed by atoms with Gasteiger partial charge >= 0.3 is 0 Å². The minimum atomic E-state index is -0.512. The Morgan fingerprint density at radius 3 is 2.50 bits per heavy atom. The largest absolute Gasteiger partial charge is 0.453 e. The number of nitrogens with zero attached hydrogens (tertiary/aromatic N) is 1. The molecule has 0 amide bonds. The first-order chi connectivity index (χ1) is 10.6. The van der Waals surface area contributed by atoms with Crippen molar-refractivity contribution in [3.8, 4) is 0 Å². The molecule has 0 atom stereocenters. The van der Waals surface area contributed by atoms with E-state index >= 15 is 0 Å². The number of rotatable bonds is 4. The Morgan fingerprint density at radius 1 is 1.14 bits per heavy atom. The number of para-hydroxylation sites is 1. The van der Waals surface area contributed by atoms with Gasteiger partial charge in [0, 0.05) is 15.9 Å². The fraction of sp³-hybridized carbons (Fsp3) is 0.118. The second kappa shape index (κ2) is 5.44. The van der Waals surface area contributed by atoms with Gasteiger partial charge in [0.15, 0.2) is 11.5 Å². The lowest BCUT2D eigenvalue weighted by atomic mass is 9.99. The maximum atomic E-state index is 12.8. The molecule has 3 rings (SSSR count). The zero-order chi connectivity index (χ0) is 15.7. The molecule has 0 unspecified atom stereocenters. The smallest absolute Gasteiger partial charge is 0.261 e. The van der Waals surface area contributed by atoms with E-state index in [9.17, 15) is 14.9 Å². The fourth-order valence-electron chi connectivity index (χ4n) is 2.42. The molecule has 2 aromatic carbocycles. The Balaban J connectivity index is 2.17. The molecule has 1 aromatic heterocycles. The molecule has 0 bridgehead atoms. The summed E-state index contributed by atoms with van der Waals surface area (Å²) in [4.78, 5) is 23.1. The first kappa shape index (κ1) is 14.0. The number of ketones is 1. The molecule has 1 heterocycles. The summed E-state index contributed by atoms with van der Waals surface area (Å²) < 4.78 is 5.51. The van der Waals surface area contributed by atoms with E-state index in [0.29, 0.717) is 16.5 Å². The molecule has 0 spiro atoms. The third-order valence-corrected chi connectivity index (χ3v) is 3.48. The molecule has 0 fully saturated rings. The van der Waals surface area contributed by atoms with Gasteiger partial charge in [-0.2, -0.15) is 0 Å². The van der Waals surface area contributed by atoms with Crippen LogP contribution in [0.25, 0.3) is 11.0 Å². The maximum Gasteiger partial charge on any atom is 0.261 e. The molecule has 0 aliphatic heterocycles. The Hall–Kier alpha value is -2.95. The van der Waals surface area contributed by atoms with Gasteiger partial charge in [-0.3, -0.25) is 14.9 Å². The highest BCUT2D eigenvalue weighted by Crippen LogP contribution is 2.28. The zero-order valence-corrected chi connectivity index (χ0v) is 11.9. The highest BCUT2D eigenvalue weighted by atomic mass is 16.6. The predicted molar refractivity (Wildman–Crippen MR) is 81.5 cm³/mol. The normalized spacial score (nSPS) is 10.8. The van der Waals surface area contributed by atoms with Crippen LogP contribution in [0.5, 0.6) is 0 Å². The average molecular weight is 295 g/mol. The molecule has 5 heteroatoms. The Bertz CT molecular complexity index is 862. The highest BCUT2D eigenvalue weighted by Gasteiger charge is 2.24. The van der Waals surface area contributed by atoms with Crippen molar-refractivity contribution < 1.29 is 14.1 Å². The summed E-state index contributed by atoms with van der Waals surface area (Å²) in [5.74, 6) is -0.168. The summed E-state index contributed by atoms with van der Waals surface area (Å²) in [5.41, 5.74) is 2.28. The lowest BCUT2D eigenvalue weighted by Crippen LogP contribution is -2.07. The van der Waals surface area contributed by atoms with Crippen LogP contribution in [0, 0.1) is 17.0 Å². The number of furan rings is 1. The molecular weight excluding hydrogens is 282 g/mol. The van der Waals surface area contributed by atoms with Crippen molar-refractivity contribution in [2.24, 2.45) is 0 Å². The summed E-state index contributed by atoms with van der Waals surface area (Å²) in [7, 11) is 0. The molecule has 22 heavy (non-hydrogen) atoms. The van der Waals surface area contributed by atoms with Gasteiger partial charge in [0.1, 0.15) is 5.58 Å². The lowest BCUT2D eigenvalue weighted by Gasteiger charge is -2.01. The predicted octanol–water partition coefficient (Wildman–Crippen LogP) is 3.75. The monoisotopic (exact) mass is 295 g/mol. The second-order valence-corrected chi connectivity index (χ2v) is 5.08. The number of hydrogen-bond acceptors (Lipinski definition) is 4. The van der Waals surface area contributed by atoms with Crippen molar-refractivity contribution in [2.75, 3.05) is 0 Å². The molecule has 0 saturated heterocycles. The van der Waals surface area contributed by atoms with Crippen LogP contribution in [0.2, 0.25) is 0 Å². The number of carbonyl (C=O) groups excluding carboxylic acids is 1. The molecule has 0 N–H and O–H groups in total. The number of aryl methyl sites for hydroxylation is 1. The summed E-state index contributed by atoms with van der Waals surface area (Å²) >= 11 is 0. The highest BCUT2D eigenvalue weighted by molar-refractivity contribution is 6.16. The van der Waals surface area contributed by atoms with Gasteiger partial charge in [0.2, 0.25) is 0 Å². The number of fused-ring (bicyclic) bond motifs is 1. The summed E-state index contributed by atoms with van der Waals surface area (Å²) in [6, 6.07) is 14.1. The van der Waals surface area contributed by atoms with Crippen LogP contribution in [-0.4, -0.2) is 10.7 Å². The molecular formula is C17H13NO4. The van der Waals surface area contributed by atoms with Crippen molar-refractivity contribution in [2.45, 2.75) is 13.5 Å². The summed E-state index contributed by atoms with van der Waals surface area (Å²) in [6.45, 7) is 1.42.